The van der Waals surface area contributed by atoms with Gasteiger partial charge in [0.15, 0.2) is 0 Å². The zero-order valence-electron chi connectivity index (χ0n) is 18.8. The van der Waals surface area contributed by atoms with Crippen molar-refractivity contribution in [1.82, 2.24) is 0 Å². The van der Waals surface area contributed by atoms with E-state index < -0.39 is 7.82 Å². The Kier molecular flexibility index (Phi) is 9.40. The number of rotatable bonds is 13. The number of phosphoric acid groups is 1. The molecule has 0 radical (unpaired) electrons. The van der Waals surface area contributed by atoms with Crippen LogP contribution >= 0.6 is 7.82 Å². The first-order valence-corrected chi connectivity index (χ1v) is 13.0. The highest BCUT2D eigenvalue weighted by Crippen LogP contribution is 2.44. The molecular formula is C27H33O4P. The van der Waals surface area contributed by atoms with E-state index in [0.717, 1.165) is 17.5 Å². The smallest absolute Gasteiger partial charge is 0.395 e. The zero-order valence-corrected chi connectivity index (χ0v) is 19.7. The maximum atomic E-state index is 12.2. The minimum absolute atomic E-state index is 0.283. The summed E-state index contributed by atoms with van der Waals surface area (Å²) in [6.45, 7) is 2.25. The number of unbranched alkanes of at least 4 members (excludes halogenated alkanes) is 6. The van der Waals surface area contributed by atoms with Gasteiger partial charge in [-0.1, -0.05) is 100 Å². The van der Waals surface area contributed by atoms with Gasteiger partial charge in [-0.05, 0) is 53.8 Å². The normalized spacial score (nSPS) is 12.8. The van der Waals surface area contributed by atoms with Crippen LogP contribution in [0.5, 0.6) is 11.5 Å². The molecule has 0 saturated carbocycles. The summed E-state index contributed by atoms with van der Waals surface area (Å²) >= 11 is 0. The van der Waals surface area contributed by atoms with E-state index in [-0.39, 0.29) is 11.5 Å². The van der Waals surface area contributed by atoms with E-state index in [4.69, 9.17) is 9.05 Å². The molecule has 4 nitrogen and oxygen atoms in total. The Bertz CT molecular complexity index is 969. The summed E-state index contributed by atoms with van der Waals surface area (Å²) in [6, 6.07) is 24.2. The largest absolute Gasteiger partial charge is 0.584 e. The second-order valence-electron chi connectivity index (χ2n) is 8.06. The third kappa shape index (κ3) is 8.18. The highest BCUT2D eigenvalue weighted by Gasteiger charge is 2.24. The molecule has 0 saturated heterocycles. The molecule has 1 unspecified atom stereocenters. The quantitative estimate of drug-likeness (QED) is 0.210. The van der Waals surface area contributed by atoms with E-state index in [1.54, 1.807) is 42.5 Å². The predicted molar refractivity (Wildman–Crippen MR) is 131 cm³/mol. The van der Waals surface area contributed by atoms with Crippen LogP contribution < -0.4 is 9.05 Å². The van der Waals surface area contributed by atoms with Crippen LogP contribution in [0.1, 0.15) is 57.4 Å². The Morgan fingerprint density at radius 3 is 1.75 bits per heavy atom. The average molecular weight is 453 g/mol. The maximum absolute atomic E-state index is 12.2. The van der Waals surface area contributed by atoms with Crippen molar-refractivity contribution < 1.29 is 18.5 Å². The van der Waals surface area contributed by atoms with Crippen LogP contribution in [0.25, 0.3) is 11.1 Å². The number of benzene rings is 3. The van der Waals surface area contributed by atoms with Gasteiger partial charge in [0, 0.05) is 0 Å². The van der Waals surface area contributed by atoms with Crippen LogP contribution in [0.2, 0.25) is 0 Å². The molecule has 0 aliphatic heterocycles. The Labute approximate surface area is 191 Å². The molecule has 0 aromatic heterocycles. The van der Waals surface area contributed by atoms with Gasteiger partial charge in [-0.15, -0.1) is 0 Å². The van der Waals surface area contributed by atoms with Crippen LogP contribution in [-0.4, -0.2) is 4.89 Å². The van der Waals surface area contributed by atoms with Crippen molar-refractivity contribution in [1.29, 1.82) is 0 Å². The van der Waals surface area contributed by atoms with Crippen molar-refractivity contribution in [2.75, 3.05) is 0 Å². The number of aryl methyl sites for hydroxylation is 1. The van der Waals surface area contributed by atoms with Crippen molar-refractivity contribution in [2.24, 2.45) is 0 Å². The zero-order chi connectivity index (χ0) is 22.7. The van der Waals surface area contributed by atoms with Crippen LogP contribution in [-0.2, 0) is 11.0 Å². The summed E-state index contributed by atoms with van der Waals surface area (Å²) in [5.74, 6) is 0.567. The molecule has 5 heteroatoms. The van der Waals surface area contributed by atoms with E-state index in [9.17, 15) is 9.46 Å². The van der Waals surface area contributed by atoms with Gasteiger partial charge in [0.1, 0.15) is 11.5 Å². The summed E-state index contributed by atoms with van der Waals surface area (Å²) in [7, 11) is -4.25. The summed E-state index contributed by atoms with van der Waals surface area (Å²) in [6.07, 6.45) is 10.4. The van der Waals surface area contributed by atoms with Gasteiger partial charge >= 0.3 is 7.82 Å². The standard InChI is InChI=1S/C27H33O4P/c1-2-3-4-5-6-7-9-12-23-15-17-24(18-16-23)25-19-21-27(22-20-25)31-32(28,29)30-26-13-10-8-11-14-26/h8,10-11,13-22H,2-7,9,12H2,1H3,(H,28,29). The Hall–Kier alpha value is -2.55. The summed E-state index contributed by atoms with van der Waals surface area (Å²) in [5.41, 5.74) is 3.49. The van der Waals surface area contributed by atoms with Gasteiger partial charge in [-0.25, -0.2) is 4.57 Å². The van der Waals surface area contributed by atoms with E-state index in [1.165, 1.54) is 50.5 Å². The van der Waals surface area contributed by atoms with Gasteiger partial charge in [-0.3, -0.25) is 4.89 Å². The van der Waals surface area contributed by atoms with Gasteiger partial charge < -0.3 is 9.05 Å². The molecule has 0 fully saturated rings. The lowest BCUT2D eigenvalue weighted by atomic mass is 10.0. The molecular weight excluding hydrogens is 419 g/mol. The molecule has 3 aromatic rings. The van der Waals surface area contributed by atoms with Gasteiger partial charge in [0.05, 0.1) is 0 Å². The highest BCUT2D eigenvalue weighted by molar-refractivity contribution is 7.48. The predicted octanol–water partition coefficient (Wildman–Crippen LogP) is 8.20. The fraction of sp³-hybridized carbons (Fsp3) is 0.333. The Morgan fingerprint density at radius 1 is 0.656 bits per heavy atom. The molecule has 0 spiro atoms. The highest BCUT2D eigenvalue weighted by atomic mass is 31.2. The number of hydrogen-bond acceptors (Lipinski definition) is 3. The first-order chi connectivity index (χ1) is 15.6. The van der Waals surface area contributed by atoms with E-state index in [2.05, 4.69) is 31.2 Å². The number of phosphoric ester groups is 1. The second-order valence-corrected chi connectivity index (χ2v) is 9.36. The molecule has 3 rings (SSSR count). The van der Waals surface area contributed by atoms with Crippen LogP contribution in [0.3, 0.4) is 0 Å². The SMILES string of the molecule is CCCCCCCCCc1ccc(-c2ccc(OP(=O)(O)Oc3ccccc3)cc2)cc1. The fourth-order valence-corrected chi connectivity index (χ4v) is 4.44. The third-order valence-electron chi connectivity index (χ3n) is 5.40. The number of para-hydroxylation sites is 1. The second kappa shape index (κ2) is 12.5. The molecule has 0 bridgehead atoms. The molecule has 1 atom stereocenters. The van der Waals surface area contributed by atoms with Crippen molar-refractivity contribution in [3.05, 3.63) is 84.4 Å². The van der Waals surface area contributed by atoms with E-state index in [1.807, 2.05) is 12.1 Å². The van der Waals surface area contributed by atoms with E-state index >= 15 is 0 Å². The third-order valence-corrected chi connectivity index (χ3v) is 6.28. The molecule has 32 heavy (non-hydrogen) atoms. The lowest BCUT2D eigenvalue weighted by Gasteiger charge is -2.14. The van der Waals surface area contributed by atoms with Crippen LogP contribution in [0.4, 0.5) is 0 Å². The van der Waals surface area contributed by atoms with Crippen molar-refractivity contribution in [3.63, 3.8) is 0 Å². The van der Waals surface area contributed by atoms with Crippen molar-refractivity contribution >= 4 is 7.82 Å². The minimum atomic E-state index is -4.25. The van der Waals surface area contributed by atoms with Gasteiger partial charge in [0.25, 0.3) is 0 Å². The lowest BCUT2D eigenvalue weighted by molar-refractivity contribution is 0.291. The van der Waals surface area contributed by atoms with E-state index in [0.29, 0.717) is 0 Å². The van der Waals surface area contributed by atoms with Crippen molar-refractivity contribution in [2.45, 2.75) is 58.3 Å². The monoisotopic (exact) mass is 452 g/mol. The lowest BCUT2D eigenvalue weighted by Crippen LogP contribution is -1.99. The number of hydrogen-bond donors (Lipinski definition) is 1. The summed E-state index contributed by atoms with van der Waals surface area (Å²) in [4.78, 5) is 9.99. The van der Waals surface area contributed by atoms with Crippen molar-refractivity contribution in [3.8, 4) is 22.6 Å². The molecule has 1 N–H and O–H groups in total. The molecule has 0 aliphatic rings. The first kappa shape index (κ1) is 24.1. The summed E-state index contributed by atoms with van der Waals surface area (Å²) in [5, 5.41) is 0. The first-order valence-electron chi connectivity index (χ1n) is 11.5. The molecule has 0 heterocycles. The average Bonchev–Trinajstić information content (AvgIpc) is 2.79. The Balaban J connectivity index is 1.48. The van der Waals surface area contributed by atoms with Gasteiger partial charge in [-0.2, -0.15) is 0 Å². The van der Waals surface area contributed by atoms with Gasteiger partial charge in [0.2, 0.25) is 0 Å². The fourth-order valence-electron chi connectivity index (χ4n) is 3.62. The van der Waals surface area contributed by atoms with Crippen LogP contribution in [0.15, 0.2) is 78.9 Å². The minimum Gasteiger partial charge on any atom is -0.395 e. The topological polar surface area (TPSA) is 55.8 Å². The molecule has 0 amide bonds. The maximum Gasteiger partial charge on any atom is 0.584 e. The molecule has 170 valence electrons. The molecule has 0 aliphatic carbocycles. The van der Waals surface area contributed by atoms with Crippen LogP contribution in [0, 0.1) is 0 Å². The molecule has 3 aromatic carbocycles. The summed E-state index contributed by atoms with van der Waals surface area (Å²) < 4.78 is 22.5. The Morgan fingerprint density at radius 2 is 1.16 bits per heavy atom.